The highest BCUT2D eigenvalue weighted by atomic mass is 16.6. The second kappa shape index (κ2) is 19.6. The molecule has 2 heterocycles. The summed E-state index contributed by atoms with van der Waals surface area (Å²) in [6.07, 6.45) is -0.204. The van der Waals surface area contributed by atoms with Crippen LogP contribution < -0.4 is 22.1 Å². The maximum Gasteiger partial charge on any atom is 0.318 e. The van der Waals surface area contributed by atoms with Gasteiger partial charge in [-0.1, -0.05) is 104 Å². The highest BCUT2D eigenvalue weighted by molar-refractivity contribution is 6.10. The Bertz CT molecular complexity index is 2200. The van der Waals surface area contributed by atoms with Crippen molar-refractivity contribution in [2.75, 3.05) is 7.05 Å². The first-order valence-electron chi connectivity index (χ1n) is 19.9. The topological polar surface area (TPSA) is 261 Å². The van der Waals surface area contributed by atoms with Gasteiger partial charge < -0.3 is 41.4 Å². The molecule has 4 atom stereocenters. The number of amides is 2. The molecule has 7 N–H and O–H groups in total. The number of carbonyl (C=O) groups is 8. The zero-order chi connectivity index (χ0) is 44.7. The van der Waals surface area contributed by atoms with Gasteiger partial charge in [-0.25, -0.2) is 0 Å². The van der Waals surface area contributed by atoms with Crippen molar-refractivity contribution in [3.8, 4) is 22.3 Å². The minimum absolute atomic E-state index is 0.0992. The van der Waals surface area contributed by atoms with Gasteiger partial charge in [-0.15, -0.1) is 0 Å². The van der Waals surface area contributed by atoms with Crippen LogP contribution in [0.25, 0.3) is 22.3 Å². The van der Waals surface area contributed by atoms with Crippen molar-refractivity contribution in [2.24, 2.45) is 52.9 Å². The molecular weight excluding hydrogens is 801 g/mol. The number of rotatable bonds is 12. The Kier molecular flexibility index (Phi) is 14.0. The van der Waals surface area contributed by atoms with Gasteiger partial charge in [0, 0.05) is 26.7 Å². The van der Waals surface area contributed by atoms with E-state index in [0.717, 1.165) is 34.2 Å². The summed E-state index contributed by atoms with van der Waals surface area (Å²) in [4.78, 5) is 91.6. The third-order valence-electron chi connectivity index (χ3n) is 11.7. The summed E-state index contributed by atoms with van der Waals surface area (Å²) in [5.41, 5.74) is 20.1. The van der Waals surface area contributed by atoms with Crippen molar-refractivity contribution in [1.82, 2.24) is 10.6 Å². The van der Waals surface area contributed by atoms with Gasteiger partial charge in [0.25, 0.3) is 6.47 Å². The van der Waals surface area contributed by atoms with Crippen LogP contribution in [0.5, 0.6) is 0 Å². The van der Waals surface area contributed by atoms with E-state index in [9.17, 15) is 43.5 Å². The molecule has 4 aromatic rings. The lowest BCUT2D eigenvalue weighted by Gasteiger charge is -2.45. The SMILES string of the molecule is CCc1ccc(-c2ccc(CNC(=O)C3C(C(=O)O)C(OC=O)C3C(=O)NC)cc2)cc1.NCc1ccc(-c2ccc(CN)cc2)cc1.O=C1OC(=O)C2C1C1C(=O)OC(=O)C21. The first kappa shape index (κ1) is 44.5. The molecule has 2 saturated carbocycles. The fourth-order valence-electron chi connectivity index (χ4n) is 8.16. The van der Waals surface area contributed by atoms with Crippen molar-refractivity contribution < 1.29 is 57.7 Å². The lowest BCUT2D eigenvalue weighted by atomic mass is 9.59. The molecule has 8 rings (SSSR count). The molecule has 4 aliphatic rings. The number of carbonyl (C=O) groups excluding carboxylic acids is 7. The van der Waals surface area contributed by atoms with E-state index in [0.29, 0.717) is 13.1 Å². The highest BCUT2D eigenvalue weighted by Crippen LogP contribution is 2.55. The zero-order valence-electron chi connectivity index (χ0n) is 33.9. The highest BCUT2D eigenvalue weighted by Gasteiger charge is 2.72. The summed E-state index contributed by atoms with van der Waals surface area (Å²) < 4.78 is 13.5. The number of aliphatic carboxylic acids is 1. The number of nitrogens with one attached hydrogen (secondary N) is 2. The van der Waals surface area contributed by atoms with Gasteiger partial charge in [0.15, 0.2) is 0 Å². The van der Waals surface area contributed by atoms with Crippen LogP contribution in [0.1, 0.15) is 29.2 Å². The molecule has 4 unspecified atom stereocenters. The Hall–Kier alpha value is -7.04. The number of carboxylic acid groups (broad SMARTS) is 1. The molecule has 0 bridgehead atoms. The largest absolute Gasteiger partial charge is 0.481 e. The monoisotopic (exact) mass is 846 g/mol. The maximum atomic E-state index is 12.7. The van der Waals surface area contributed by atoms with E-state index < -0.39 is 89.2 Å². The molecule has 0 radical (unpaired) electrons. The van der Waals surface area contributed by atoms with E-state index in [1.54, 1.807) is 0 Å². The van der Waals surface area contributed by atoms with Gasteiger partial charge in [-0.3, -0.25) is 38.4 Å². The van der Waals surface area contributed by atoms with Crippen LogP contribution >= 0.6 is 0 Å². The summed E-state index contributed by atoms with van der Waals surface area (Å²) >= 11 is 0. The van der Waals surface area contributed by atoms with Gasteiger partial charge >= 0.3 is 29.8 Å². The van der Waals surface area contributed by atoms with E-state index in [-0.39, 0.29) is 13.0 Å². The minimum Gasteiger partial charge on any atom is -0.481 e. The van der Waals surface area contributed by atoms with E-state index in [4.69, 9.17) is 16.2 Å². The predicted molar refractivity (Wildman–Crippen MR) is 220 cm³/mol. The van der Waals surface area contributed by atoms with Gasteiger partial charge in [-0.2, -0.15) is 0 Å². The standard InChI is InChI=1S/C24H26N2O6.C14H16N2.C8H4O6/c1-3-14-4-8-16(9-5-14)17-10-6-15(7-11-17)12-26-23(29)18-19(22(28)25-2)21(32-13-27)20(18)24(30)31;15-9-11-1-5-13(6-2-11)14-7-3-12(10-16)4-8-14;9-5-1-2(6(10)13-5)4-3(1)7(11)14-8(4)12/h4-11,13,18-21H,3,12H2,1-2H3,(H,25,28)(H,26,29)(H,30,31);1-8H,9-10,15-16H2;1-4H. The summed E-state index contributed by atoms with van der Waals surface area (Å²) in [7, 11) is 1.38. The number of hydrogen-bond acceptors (Lipinski definition) is 13. The van der Waals surface area contributed by atoms with E-state index in [1.165, 1.54) is 23.7 Å². The normalized spacial score (nSPS) is 23.8. The van der Waals surface area contributed by atoms with Crippen molar-refractivity contribution in [1.29, 1.82) is 0 Å². The summed E-state index contributed by atoms with van der Waals surface area (Å²) in [5, 5.41) is 14.6. The molecule has 0 aromatic heterocycles. The van der Waals surface area contributed by atoms with E-state index in [2.05, 4.69) is 99.8 Å². The Labute approximate surface area is 356 Å². The Balaban J connectivity index is 0.000000176. The number of ether oxygens (including phenoxy) is 3. The van der Waals surface area contributed by atoms with Crippen molar-refractivity contribution in [3.05, 3.63) is 119 Å². The van der Waals surface area contributed by atoms with E-state index >= 15 is 0 Å². The number of fused-ring (bicyclic) bond motifs is 4. The Morgan fingerprint density at radius 1 is 0.597 bits per heavy atom. The second-order valence-electron chi connectivity index (χ2n) is 15.1. The van der Waals surface area contributed by atoms with Crippen molar-refractivity contribution in [2.45, 2.75) is 39.1 Å². The number of nitrogens with two attached hydrogens (primary N) is 2. The summed E-state index contributed by atoms with van der Waals surface area (Å²) in [6.45, 7) is 3.56. The summed E-state index contributed by atoms with van der Waals surface area (Å²) in [6, 6.07) is 32.6. The van der Waals surface area contributed by atoms with Gasteiger partial charge in [0.1, 0.15) is 12.0 Å². The number of cyclic esters (lactones) is 4. The van der Waals surface area contributed by atoms with Gasteiger partial charge in [-0.05, 0) is 50.9 Å². The molecule has 16 nitrogen and oxygen atoms in total. The third-order valence-corrected chi connectivity index (χ3v) is 11.7. The fourth-order valence-corrected chi connectivity index (χ4v) is 8.16. The van der Waals surface area contributed by atoms with Crippen LogP contribution in [0, 0.1) is 41.4 Å². The van der Waals surface area contributed by atoms with Crippen LogP contribution in [0.2, 0.25) is 0 Å². The number of hydrogen-bond donors (Lipinski definition) is 5. The number of carboxylic acids is 1. The van der Waals surface area contributed by atoms with Crippen LogP contribution in [0.15, 0.2) is 97.1 Å². The molecule has 2 aliphatic carbocycles. The number of benzene rings is 4. The molecule has 2 aliphatic heterocycles. The Morgan fingerprint density at radius 3 is 1.29 bits per heavy atom. The van der Waals surface area contributed by atoms with E-state index in [1.807, 2.05) is 24.3 Å². The molecule has 0 spiro atoms. The van der Waals surface area contributed by atoms with Crippen molar-refractivity contribution in [3.63, 3.8) is 0 Å². The maximum absolute atomic E-state index is 12.7. The molecule has 2 saturated heterocycles. The average Bonchev–Trinajstić information content (AvgIpc) is 3.65. The lowest BCUT2D eigenvalue weighted by molar-refractivity contribution is -0.188. The molecule has 4 fully saturated rings. The van der Waals surface area contributed by atoms with Gasteiger partial charge in [0.2, 0.25) is 11.8 Å². The molecule has 4 aromatic carbocycles. The molecule has 16 heteroatoms. The lowest BCUT2D eigenvalue weighted by Crippen LogP contribution is -2.65. The first-order valence-corrected chi connectivity index (χ1v) is 19.9. The number of esters is 4. The predicted octanol–water partition coefficient (Wildman–Crippen LogP) is 2.67. The van der Waals surface area contributed by atoms with Crippen LogP contribution in [0.3, 0.4) is 0 Å². The van der Waals surface area contributed by atoms with Gasteiger partial charge in [0.05, 0.1) is 35.5 Å². The third kappa shape index (κ3) is 9.16. The quantitative estimate of drug-likeness (QED) is 0.0595. The van der Waals surface area contributed by atoms with Crippen LogP contribution in [0.4, 0.5) is 0 Å². The summed E-state index contributed by atoms with van der Waals surface area (Å²) in [5.74, 6) is -11.9. The molecular formula is C46H46N4O12. The zero-order valence-corrected chi connectivity index (χ0v) is 33.9. The fraction of sp³-hybridized carbons (Fsp3) is 0.304. The number of aryl methyl sites for hydroxylation is 1. The molecule has 322 valence electrons. The van der Waals surface area contributed by atoms with Crippen molar-refractivity contribution >= 4 is 48.1 Å². The first-order chi connectivity index (χ1) is 29.8. The minimum atomic E-state index is -1.30. The second-order valence-corrected chi connectivity index (χ2v) is 15.1. The van der Waals surface area contributed by atoms with Crippen LogP contribution in [-0.2, 0) is 78.6 Å². The van der Waals surface area contributed by atoms with Crippen LogP contribution in [-0.4, -0.2) is 66.4 Å². The smallest absolute Gasteiger partial charge is 0.318 e. The Morgan fingerprint density at radius 2 is 0.968 bits per heavy atom. The molecule has 2 amide bonds. The average molecular weight is 847 g/mol. The molecule has 62 heavy (non-hydrogen) atoms.